The Morgan fingerprint density at radius 3 is 2.67 bits per heavy atom. The van der Waals surface area contributed by atoms with Crippen molar-refractivity contribution < 1.29 is 10.2 Å². The largest absolute Gasteiger partial charge is 0.504 e. The van der Waals surface area contributed by atoms with Gasteiger partial charge in [0, 0.05) is 18.2 Å². The summed E-state index contributed by atoms with van der Waals surface area (Å²) in [6.45, 7) is 0.630. The molecule has 15 heavy (non-hydrogen) atoms. The van der Waals surface area contributed by atoms with Gasteiger partial charge in [0.15, 0.2) is 11.5 Å². The van der Waals surface area contributed by atoms with Crippen LogP contribution in [0.4, 0.5) is 0 Å². The number of hydrogen-bond donors (Lipinski definition) is 3. The minimum absolute atomic E-state index is 0.00277. The van der Waals surface area contributed by atoms with Crippen molar-refractivity contribution in [2.24, 2.45) is 0 Å². The third kappa shape index (κ3) is 2.42. The van der Waals surface area contributed by atoms with Crippen molar-refractivity contribution in [2.45, 2.75) is 38.3 Å². The topological polar surface area (TPSA) is 52.5 Å². The zero-order valence-corrected chi connectivity index (χ0v) is 8.74. The van der Waals surface area contributed by atoms with Crippen LogP contribution >= 0.6 is 0 Å². The molecule has 0 bridgehead atoms. The highest BCUT2D eigenvalue weighted by molar-refractivity contribution is 5.44. The molecule has 0 heterocycles. The van der Waals surface area contributed by atoms with E-state index in [-0.39, 0.29) is 11.5 Å². The molecule has 0 atom stereocenters. The molecule has 0 amide bonds. The SMILES string of the molecule is Oc1cccc(CNC2CCCC2)c1O. The number of para-hydroxylation sites is 1. The highest BCUT2D eigenvalue weighted by Gasteiger charge is 2.14. The Kier molecular flexibility index (Phi) is 3.11. The normalized spacial score (nSPS) is 17.1. The van der Waals surface area contributed by atoms with Crippen molar-refractivity contribution in [1.82, 2.24) is 5.32 Å². The zero-order chi connectivity index (χ0) is 10.7. The molecule has 1 aliphatic carbocycles. The molecular weight excluding hydrogens is 190 g/mol. The quantitative estimate of drug-likeness (QED) is 0.665. The summed E-state index contributed by atoms with van der Waals surface area (Å²) < 4.78 is 0. The van der Waals surface area contributed by atoms with Gasteiger partial charge in [0.1, 0.15) is 0 Å². The third-order valence-corrected chi connectivity index (χ3v) is 3.03. The van der Waals surface area contributed by atoms with E-state index in [0.29, 0.717) is 12.6 Å². The van der Waals surface area contributed by atoms with Gasteiger partial charge in [0.05, 0.1) is 0 Å². The Labute approximate surface area is 89.8 Å². The van der Waals surface area contributed by atoms with Crippen molar-refractivity contribution in [3.63, 3.8) is 0 Å². The van der Waals surface area contributed by atoms with Crippen molar-refractivity contribution in [3.05, 3.63) is 23.8 Å². The Bertz CT molecular complexity index is 332. The van der Waals surface area contributed by atoms with Gasteiger partial charge in [-0.25, -0.2) is 0 Å². The Hall–Kier alpha value is -1.22. The fourth-order valence-corrected chi connectivity index (χ4v) is 2.10. The molecule has 1 saturated carbocycles. The van der Waals surface area contributed by atoms with E-state index in [4.69, 9.17) is 0 Å². The lowest BCUT2D eigenvalue weighted by Crippen LogP contribution is -2.25. The number of rotatable bonds is 3. The van der Waals surface area contributed by atoms with Gasteiger partial charge in [-0.15, -0.1) is 0 Å². The number of phenolic OH excluding ortho intramolecular Hbond substituents is 2. The molecule has 2 rings (SSSR count). The molecule has 1 aliphatic rings. The summed E-state index contributed by atoms with van der Waals surface area (Å²) in [5.41, 5.74) is 0.766. The van der Waals surface area contributed by atoms with E-state index in [1.807, 2.05) is 6.07 Å². The molecule has 0 aliphatic heterocycles. The van der Waals surface area contributed by atoms with Crippen LogP contribution in [0, 0.1) is 0 Å². The summed E-state index contributed by atoms with van der Waals surface area (Å²) in [5, 5.41) is 22.3. The van der Waals surface area contributed by atoms with Crippen LogP contribution in [0.1, 0.15) is 31.2 Å². The minimum Gasteiger partial charge on any atom is -0.504 e. The van der Waals surface area contributed by atoms with Crippen molar-refractivity contribution in [2.75, 3.05) is 0 Å². The van der Waals surface area contributed by atoms with Crippen LogP contribution in [0.5, 0.6) is 11.5 Å². The van der Waals surface area contributed by atoms with Gasteiger partial charge >= 0.3 is 0 Å². The van der Waals surface area contributed by atoms with E-state index in [1.165, 1.54) is 31.7 Å². The van der Waals surface area contributed by atoms with Crippen LogP contribution < -0.4 is 5.32 Å². The summed E-state index contributed by atoms with van der Waals surface area (Å²) in [6, 6.07) is 5.65. The molecule has 82 valence electrons. The number of benzene rings is 1. The van der Waals surface area contributed by atoms with Crippen molar-refractivity contribution in [1.29, 1.82) is 0 Å². The van der Waals surface area contributed by atoms with Gasteiger partial charge in [0.2, 0.25) is 0 Å². The van der Waals surface area contributed by atoms with E-state index in [0.717, 1.165) is 5.56 Å². The Morgan fingerprint density at radius 2 is 1.93 bits per heavy atom. The van der Waals surface area contributed by atoms with Crippen LogP contribution in [0.3, 0.4) is 0 Å². The summed E-state index contributed by atoms with van der Waals surface area (Å²) in [7, 11) is 0. The van der Waals surface area contributed by atoms with Gasteiger partial charge < -0.3 is 15.5 Å². The number of phenols is 2. The van der Waals surface area contributed by atoms with E-state index in [2.05, 4.69) is 5.32 Å². The van der Waals surface area contributed by atoms with Gasteiger partial charge in [-0.1, -0.05) is 25.0 Å². The molecule has 0 aromatic heterocycles. The van der Waals surface area contributed by atoms with E-state index in [9.17, 15) is 10.2 Å². The van der Waals surface area contributed by atoms with E-state index < -0.39 is 0 Å². The average Bonchev–Trinajstić information content (AvgIpc) is 2.73. The van der Waals surface area contributed by atoms with Crippen molar-refractivity contribution in [3.8, 4) is 11.5 Å². The molecule has 0 unspecified atom stereocenters. The van der Waals surface area contributed by atoms with E-state index >= 15 is 0 Å². The molecule has 1 aromatic carbocycles. The summed E-state index contributed by atoms with van der Waals surface area (Å²) in [6.07, 6.45) is 5.03. The first kappa shape index (κ1) is 10.3. The van der Waals surface area contributed by atoms with Gasteiger partial charge in [-0.3, -0.25) is 0 Å². The highest BCUT2D eigenvalue weighted by Crippen LogP contribution is 2.28. The maximum absolute atomic E-state index is 9.58. The molecular formula is C12H17NO2. The lowest BCUT2D eigenvalue weighted by molar-refractivity contribution is 0.395. The molecule has 0 saturated heterocycles. The fraction of sp³-hybridized carbons (Fsp3) is 0.500. The third-order valence-electron chi connectivity index (χ3n) is 3.03. The lowest BCUT2D eigenvalue weighted by Gasteiger charge is -2.12. The lowest BCUT2D eigenvalue weighted by atomic mass is 10.1. The van der Waals surface area contributed by atoms with Crippen LogP contribution in [0.2, 0.25) is 0 Å². The maximum atomic E-state index is 9.58. The second kappa shape index (κ2) is 4.53. The molecule has 1 fully saturated rings. The monoisotopic (exact) mass is 207 g/mol. The standard InChI is InChI=1S/C12H17NO2/c14-11-7-3-4-9(12(11)15)8-13-10-5-1-2-6-10/h3-4,7,10,13-15H,1-2,5-6,8H2. The molecule has 3 heteroatoms. The first-order chi connectivity index (χ1) is 7.27. The highest BCUT2D eigenvalue weighted by atomic mass is 16.3. The zero-order valence-electron chi connectivity index (χ0n) is 8.74. The second-order valence-corrected chi connectivity index (χ2v) is 4.15. The van der Waals surface area contributed by atoms with Crippen LogP contribution in [0.25, 0.3) is 0 Å². The van der Waals surface area contributed by atoms with E-state index in [1.54, 1.807) is 6.07 Å². The number of nitrogens with one attached hydrogen (secondary N) is 1. The molecule has 0 spiro atoms. The van der Waals surface area contributed by atoms with Crippen LogP contribution in [-0.4, -0.2) is 16.3 Å². The summed E-state index contributed by atoms with van der Waals surface area (Å²) >= 11 is 0. The molecule has 3 N–H and O–H groups in total. The van der Waals surface area contributed by atoms with Crippen LogP contribution in [-0.2, 0) is 6.54 Å². The first-order valence-electron chi connectivity index (χ1n) is 5.50. The second-order valence-electron chi connectivity index (χ2n) is 4.15. The minimum atomic E-state index is -0.0410. The van der Waals surface area contributed by atoms with Crippen LogP contribution in [0.15, 0.2) is 18.2 Å². The Morgan fingerprint density at radius 1 is 1.20 bits per heavy atom. The predicted octanol–water partition coefficient (Wildman–Crippen LogP) is 2.13. The van der Waals surface area contributed by atoms with Gasteiger partial charge in [-0.2, -0.15) is 0 Å². The first-order valence-corrected chi connectivity index (χ1v) is 5.50. The molecule has 1 aromatic rings. The van der Waals surface area contributed by atoms with Crippen molar-refractivity contribution >= 4 is 0 Å². The number of aromatic hydroxyl groups is 2. The summed E-state index contributed by atoms with van der Waals surface area (Å²) in [4.78, 5) is 0. The smallest absolute Gasteiger partial charge is 0.161 e. The molecule has 0 radical (unpaired) electrons. The fourth-order valence-electron chi connectivity index (χ4n) is 2.10. The average molecular weight is 207 g/mol. The number of hydrogen-bond acceptors (Lipinski definition) is 3. The maximum Gasteiger partial charge on any atom is 0.161 e. The predicted molar refractivity (Wildman–Crippen MR) is 58.9 cm³/mol. The Balaban J connectivity index is 1.95. The summed E-state index contributed by atoms with van der Waals surface area (Å²) in [5.74, 6) is -0.0382. The molecule has 3 nitrogen and oxygen atoms in total. The van der Waals surface area contributed by atoms with Gasteiger partial charge in [-0.05, 0) is 18.9 Å². The van der Waals surface area contributed by atoms with Gasteiger partial charge in [0.25, 0.3) is 0 Å².